The van der Waals surface area contributed by atoms with Gasteiger partial charge in [0.15, 0.2) is 11.5 Å². The van der Waals surface area contributed by atoms with Gasteiger partial charge in [0, 0.05) is 12.6 Å². The fourth-order valence-electron chi connectivity index (χ4n) is 1.43. The van der Waals surface area contributed by atoms with E-state index in [1.54, 1.807) is 4.52 Å². The third kappa shape index (κ3) is 1.84. The lowest BCUT2D eigenvalue weighted by Gasteiger charge is -2.07. The number of nitrogens with two attached hydrogens (primary N) is 1. The standard InChI is InChI=1S/C10H14N4O/c1-2-9-12-10-5-7(8(11)6-15)3-4-14(10)13-9/h3-5,8,15H,2,6,11H2,1H3. The van der Waals surface area contributed by atoms with E-state index in [9.17, 15) is 0 Å². The summed E-state index contributed by atoms with van der Waals surface area (Å²) in [6, 6.07) is 3.35. The van der Waals surface area contributed by atoms with E-state index in [4.69, 9.17) is 10.8 Å². The predicted octanol–water partition coefficient (Wildman–Crippen LogP) is 0.284. The molecule has 0 aliphatic carbocycles. The van der Waals surface area contributed by atoms with Gasteiger partial charge in [-0.1, -0.05) is 6.92 Å². The molecule has 2 aromatic rings. The topological polar surface area (TPSA) is 76.4 Å². The second-order valence-corrected chi connectivity index (χ2v) is 3.43. The highest BCUT2D eigenvalue weighted by atomic mass is 16.3. The number of hydrogen-bond donors (Lipinski definition) is 2. The average molecular weight is 206 g/mol. The predicted molar refractivity (Wildman–Crippen MR) is 56.4 cm³/mol. The first-order valence-electron chi connectivity index (χ1n) is 4.96. The summed E-state index contributed by atoms with van der Waals surface area (Å²) in [7, 11) is 0. The molecule has 2 rings (SSSR count). The molecule has 5 nitrogen and oxygen atoms in total. The van der Waals surface area contributed by atoms with E-state index in [1.807, 2.05) is 25.3 Å². The highest BCUT2D eigenvalue weighted by Gasteiger charge is 2.07. The van der Waals surface area contributed by atoms with E-state index >= 15 is 0 Å². The normalized spacial score (nSPS) is 13.3. The third-order valence-corrected chi connectivity index (χ3v) is 2.35. The molecular weight excluding hydrogens is 192 g/mol. The second kappa shape index (κ2) is 3.96. The lowest BCUT2D eigenvalue weighted by Crippen LogP contribution is -2.14. The van der Waals surface area contributed by atoms with Gasteiger partial charge in [0.25, 0.3) is 0 Å². The van der Waals surface area contributed by atoms with E-state index in [-0.39, 0.29) is 12.6 Å². The Bertz CT molecular complexity index is 465. The van der Waals surface area contributed by atoms with Crippen LogP contribution in [-0.4, -0.2) is 26.3 Å². The molecule has 2 aromatic heterocycles. The van der Waals surface area contributed by atoms with Crippen molar-refractivity contribution < 1.29 is 5.11 Å². The highest BCUT2D eigenvalue weighted by Crippen LogP contribution is 2.12. The van der Waals surface area contributed by atoms with Gasteiger partial charge in [-0.15, -0.1) is 0 Å². The maximum absolute atomic E-state index is 8.94. The largest absolute Gasteiger partial charge is 0.394 e. The van der Waals surface area contributed by atoms with Crippen LogP contribution in [0.3, 0.4) is 0 Å². The van der Waals surface area contributed by atoms with Gasteiger partial charge in [0.2, 0.25) is 0 Å². The number of rotatable bonds is 3. The zero-order valence-corrected chi connectivity index (χ0v) is 8.59. The lowest BCUT2D eigenvalue weighted by molar-refractivity contribution is 0.268. The Balaban J connectivity index is 2.45. The SMILES string of the molecule is CCc1nc2cc(C(N)CO)ccn2n1. The fourth-order valence-corrected chi connectivity index (χ4v) is 1.43. The summed E-state index contributed by atoms with van der Waals surface area (Å²) in [6.07, 6.45) is 2.62. The Hall–Kier alpha value is -1.46. The van der Waals surface area contributed by atoms with Crippen molar-refractivity contribution in [3.8, 4) is 0 Å². The van der Waals surface area contributed by atoms with Crippen LogP contribution in [0.4, 0.5) is 0 Å². The minimum absolute atomic E-state index is 0.0645. The van der Waals surface area contributed by atoms with E-state index in [2.05, 4.69) is 10.1 Å². The molecule has 0 aliphatic heterocycles. The second-order valence-electron chi connectivity index (χ2n) is 3.43. The highest BCUT2D eigenvalue weighted by molar-refractivity contribution is 5.41. The van der Waals surface area contributed by atoms with Crippen molar-refractivity contribution in [3.05, 3.63) is 29.7 Å². The van der Waals surface area contributed by atoms with Gasteiger partial charge in [-0.3, -0.25) is 0 Å². The van der Waals surface area contributed by atoms with Crippen molar-refractivity contribution in [2.24, 2.45) is 5.73 Å². The van der Waals surface area contributed by atoms with Crippen molar-refractivity contribution in [1.29, 1.82) is 0 Å². The van der Waals surface area contributed by atoms with Crippen molar-refractivity contribution in [2.45, 2.75) is 19.4 Å². The molecule has 1 unspecified atom stereocenters. The third-order valence-electron chi connectivity index (χ3n) is 2.35. The van der Waals surface area contributed by atoms with Crippen LogP contribution in [0.25, 0.3) is 5.65 Å². The molecule has 0 spiro atoms. The minimum atomic E-state index is -0.350. The Morgan fingerprint density at radius 2 is 2.40 bits per heavy atom. The number of fused-ring (bicyclic) bond motifs is 1. The summed E-state index contributed by atoms with van der Waals surface area (Å²) in [5, 5.41) is 13.2. The van der Waals surface area contributed by atoms with Gasteiger partial charge < -0.3 is 10.8 Å². The molecule has 0 aliphatic rings. The molecule has 0 saturated carbocycles. The molecule has 0 amide bonds. The van der Waals surface area contributed by atoms with Crippen LogP contribution in [0.1, 0.15) is 24.4 Å². The number of pyridine rings is 1. The summed E-state index contributed by atoms with van der Waals surface area (Å²) in [4.78, 5) is 4.32. The van der Waals surface area contributed by atoms with Crippen molar-refractivity contribution >= 4 is 5.65 Å². The van der Waals surface area contributed by atoms with Crippen LogP contribution in [0.2, 0.25) is 0 Å². The van der Waals surface area contributed by atoms with Gasteiger partial charge in [-0.25, -0.2) is 9.50 Å². The fraction of sp³-hybridized carbons (Fsp3) is 0.400. The lowest BCUT2D eigenvalue weighted by atomic mass is 10.1. The van der Waals surface area contributed by atoms with Gasteiger partial charge in [0.05, 0.1) is 12.6 Å². The minimum Gasteiger partial charge on any atom is -0.394 e. The maximum atomic E-state index is 8.94. The smallest absolute Gasteiger partial charge is 0.155 e. The van der Waals surface area contributed by atoms with E-state index < -0.39 is 0 Å². The van der Waals surface area contributed by atoms with Crippen LogP contribution in [0, 0.1) is 0 Å². The zero-order valence-electron chi connectivity index (χ0n) is 8.59. The van der Waals surface area contributed by atoms with Gasteiger partial charge >= 0.3 is 0 Å². The number of hydrogen-bond acceptors (Lipinski definition) is 4. The van der Waals surface area contributed by atoms with E-state index in [0.717, 1.165) is 23.5 Å². The van der Waals surface area contributed by atoms with E-state index in [0.29, 0.717) is 0 Å². The number of nitrogens with zero attached hydrogens (tertiary/aromatic N) is 3. The Labute approximate surface area is 87.6 Å². The maximum Gasteiger partial charge on any atom is 0.155 e. The molecule has 2 heterocycles. The molecule has 0 radical (unpaired) electrons. The number of aliphatic hydroxyl groups is 1. The first kappa shape index (κ1) is 10.1. The van der Waals surface area contributed by atoms with Crippen LogP contribution < -0.4 is 5.73 Å². The quantitative estimate of drug-likeness (QED) is 0.756. The van der Waals surface area contributed by atoms with Gasteiger partial charge in [-0.05, 0) is 17.7 Å². The van der Waals surface area contributed by atoms with Crippen LogP contribution >= 0.6 is 0 Å². The summed E-state index contributed by atoms with van der Waals surface area (Å²) in [6.45, 7) is 1.94. The Morgan fingerprint density at radius 1 is 1.60 bits per heavy atom. The first-order valence-corrected chi connectivity index (χ1v) is 4.96. The van der Waals surface area contributed by atoms with Crippen molar-refractivity contribution in [1.82, 2.24) is 14.6 Å². The molecule has 3 N–H and O–H groups in total. The number of aromatic nitrogens is 3. The van der Waals surface area contributed by atoms with E-state index in [1.165, 1.54) is 0 Å². The molecule has 15 heavy (non-hydrogen) atoms. The van der Waals surface area contributed by atoms with Gasteiger partial charge in [0.1, 0.15) is 0 Å². The summed E-state index contributed by atoms with van der Waals surface area (Å²) >= 11 is 0. The van der Waals surface area contributed by atoms with Crippen molar-refractivity contribution in [2.75, 3.05) is 6.61 Å². The number of aliphatic hydroxyl groups excluding tert-OH is 1. The molecule has 80 valence electrons. The van der Waals surface area contributed by atoms with Gasteiger partial charge in [-0.2, -0.15) is 5.10 Å². The van der Waals surface area contributed by atoms with Crippen LogP contribution in [0.15, 0.2) is 18.3 Å². The molecule has 1 atom stereocenters. The Morgan fingerprint density at radius 3 is 3.07 bits per heavy atom. The Kier molecular flexibility index (Phi) is 2.66. The average Bonchev–Trinajstić information content (AvgIpc) is 2.69. The van der Waals surface area contributed by atoms with Crippen LogP contribution in [0.5, 0.6) is 0 Å². The summed E-state index contributed by atoms with van der Waals surface area (Å²) in [5.74, 6) is 0.810. The molecule has 5 heteroatoms. The zero-order chi connectivity index (χ0) is 10.8. The monoisotopic (exact) mass is 206 g/mol. The number of aryl methyl sites for hydroxylation is 1. The van der Waals surface area contributed by atoms with Crippen LogP contribution in [-0.2, 0) is 6.42 Å². The first-order chi connectivity index (χ1) is 7.24. The molecule has 0 fully saturated rings. The molecular formula is C10H14N4O. The molecule has 0 aromatic carbocycles. The molecule has 0 saturated heterocycles. The molecule has 0 bridgehead atoms. The summed E-state index contributed by atoms with van der Waals surface area (Å²) < 4.78 is 1.71. The summed E-state index contributed by atoms with van der Waals surface area (Å²) in [5.41, 5.74) is 7.36. The van der Waals surface area contributed by atoms with Crippen molar-refractivity contribution in [3.63, 3.8) is 0 Å².